The molecular formula is C15H19N3O5S2. The molecule has 0 atom stereocenters. The van der Waals surface area contributed by atoms with E-state index in [1.807, 2.05) is 6.92 Å². The third-order valence-electron chi connectivity index (χ3n) is 4.67. The van der Waals surface area contributed by atoms with Crippen LogP contribution in [0.15, 0.2) is 15.9 Å². The molecule has 0 saturated carbocycles. The molecule has 0 amide bonds. The van der Waals surface area contributed by atoms with E-state index in [0.29, 0.717) is 31.0 Å². The van der Waals surface area contributed by atoms with Crippen LogP contribution < -0.4 is 5.56 Å². The van der Waals surface area contributed by atoms with Crippen LogP contribution in [0.25, 0.3) is 4.96 Å². The van der Waals surface area contributed by atoms with Gasteiger partial charge in [0.25, 0.3) is 5.56 Å². The summed E-state index contributed by atoms with van der Waals surface area (Å²) in [4.78, 5) is 18.2. The van der Waals surface area contributed by atoms with E-state index < -0.39 is 21.4 Å². The van der Waals surface area contributed by atoms with Crippen molar-refractivity contribution in [3.05, 3.63) is 27.1 Å². The van der Waals surface area contributed by atoms with Crippen molar-refractivity contribution in [3.63, 3.8) is 0 Å². The number of piperidine rings is 1. The minimum atomic E-state index is -3.92. The molecule has 0 aliphatic carbocycles. The molecule has 4 heterocycles. The number of aromatic nitrogens is 2. The van der Waals surface area contributed by atoms with Gasteiger partial charge in [0, 0.05) is 37.0 Å². The van der Waals surface area contributed by atoms with Crippen molar-refractivity contribution in [3.8, 4) is 0 Å². The molecular weight excluding hydrogens is 366 g/mol. The molecule has 2 aliphatic rings. The van der Waals surface area contributed by atoms with Gasteiger partial charge in [-0.3, -0.25) is 9.20 Å². The highest BCUT2D eigenvalue weighted by molar-refractivity contribution is 7.89. The lowest BCUT2D eigenvalue weighted by Crippen LogP contribution is -2.48. The molecule has 25 heavy (non-hydrogen) atoms. The minimum absolute atomic E-state index is 0.237. The number of ether oxygens (including phenoxy) is 2. The topological polar surface area (TPSA) is 90.2 Å². The van der Waals surface area contributed by atoms with Gasteiger partial charge in [0.1, 0.15) is 0 Å². The lowest BCUT2D eigenvalue weighted by molar-refractivity contribution is -0.179. The van der Waals surface area contributed by atoms with E-state index in [4.69, 9.17) is 9.47 Å². The third kappa shape index (κ3) is 2.72. The highest BCUT2D eigenvalue weighted by atomic mass is 32.2. The van der Waals surface area contributed by atoms with Crippen molar-refractivity contribution in [2.24, 2.45) is 0 Å². The summed E-state index contributed by atoms with van der Waals surface area (Å²) in [7, 11) is -3.92. The maximum Gasteiger partial charge on any atom is 0.279 e. The van der Waals surface area contributed by atoms with Crippen LogP contribution in [-0.2, 0) is 19.5 Å². The van der Waals surface area contributed by atoms with E-state index >= 15 is 0 Å². The number of sulfonamides is 1. The highest BCUT2D eigenvalue weighted by Crippen LogP contribution is 2.33. The van der Waals surface area contributed by atoms with Crippen molar-refractivity contribution < 1.29 is 17.9 Å². The lowest BCUT2D eigenvalue weighted by Gasteiger charge is -2.36. The van der Waals surface area contributed by atoms with Gasteiger partial charge < -0.3 is 9.47 Å². The fourth-order valence-corrected chi connectivity index (χ4v) is 5.94. The smallest absolute Gasteiger partial charge is 0.279 e. The molecule has 0 unspecified atom stereocenters. The number of rotatable bonds is 2. The summed E-state index contributed by atoms with van der Waals surface area (Å²) < 4.78 is 40.1. The number of hydrogen-bond acceptors (Lipinski definition) is 7. The average Bonchev–Trinajstić information content (AvgIpc) is 3.14. The molecule has 136 valence electrons. The van der Waals surface area contributed by atoms with Crippen molar-refractivity contribution in [2.75, 3.05) is 26.3 Å². The van der Waals surface area contributed by atoms with E-state index in [1.165, 1.54) is 20.0 Å². The average molecular weight is 385 g/mol. The zero-order chi connectivity index (χ0) is 17.8. The predicted octanol–water partition coefficient (Wildman–Crippen LogP) is 0.900. The van der Waals surface area contributed by atoms with Crippen LogP contribution in [0.2, 0.25) is 0 Å². The second kappa shape index (κ2) is 5.85. The number of thiazole rings is 1. The SMILES string of the molecule is Cc1cn2c(=O)c(S(=O)(=O)N3CCC4(CC3)OCCO4)c(C)nc2s1. The number of nitrogens with zero attached hydrogens (tertiary/aromatic N) is 3. The van der Waals surface area contributed by atoms with Gasteiger partial charge in [0.15, 0.2) is 15.6 Å². The van der Waals surface area contributed by atoms with E-state index in [2.05, 4.69) is 4.98 Å². The molecule has 2 fully saturated rings. The van der Waals surface area contributed by atoms with Gasteiger partial charge in [-0.1, -0.05) is 0 Å². The molecule has 4 rings (SSSR count). The van der Waals surface area contributed by atoms with Crippen LogP contribution in [0.1, 0.15) is 23.4 Å². The molecule has 2 aliphatic heterocycles. The summed E-state index contributed by atoms with van der Waals surface area (Å²) >= 11 is 1.36. The molecule has 0 aromatic carbocycles. The number of aryl methyl sites for hydroxylation is 2. The minimum Gasteiger partial charge on any atom is -0.347 e. The van der Waals surface area contributed by atoms with E-state index in [9.17, 15) is 13.2 Å². The van der Waals surface area contributed by atoms with Crippen LogP contribution in [0.4, 0.5) is 0 Å². The van der Waals surface area contributed by atoms with Gasteiger partial charge in [-0.15, -0.1) is 11.3 Å². The monoisotopic (exact) mass is 385 g/mol. The molecule has 0 radical (unpaired) electrons. The van der Waals surface area contributed by atoms with E-state index in [1.54, 1.807) is 13.1 Å². The Morgan fingerprint density at radius 1 is 1.20 bits per heavy atom. The summed E-state index contributed by atoms with van der Waals surface area (Å²) in [5, 5.41) is 0. The molecule has 10 heteroatoms. The maximum atomic E-state index is 13.1. The Morgan fingerprint density at radius 2 is 1.84 bits per heavy atom. The van der Waals surface area contributed by atoms with Crippen molar-refractivity contribution in [1.29, 1.82) is 0 Å². The summed E-state index contributed by atoms with van der Waals surface area (Å²) in [6.07, 6.45) is 2.54. The fourth-order valence-electron chi connectivity index (χ4n) is 3.42. The number of hydrogen-bond donors (Lipinski definition) is 0. The number of fused-ring (bicyclic) bond motifs is 1. The van der Waals surface area contributed by atoms with Crippen molar-refractivity contribution >= 4 is 26.3 Å². The molecule has 2 aromatic rings. The molecule has 0 N–H and O–H groups in total. The van der Waals surface area contributed by atoms with E-state index in [0.717, 1.165) is 4.88 Å². The first-order chi connectivity index (χ1) is 11.8. The van der Waals surface area contributed by atoms with Crippen LogP contribution in [0.5, 0.6) is 0 Å². The zero-order valence-electron chi connectivity index (χ0n) is 14.0. The zero-order valence-corrected chi connectivity index (χ0v) is 15.7. The Balaban J connectivity index is 1.71. The van der Waals surface area contributed by atoms with Gasteiger partial charge in [-0.25, -0.2) is 13.4 Å². The first-order valence-electron chi connectivity index (χ1n) is 8.10. The van der Waals surface area contributed by atoms with E-state index in [-0.39, 0.29) is 23.7 Å². The van der Waals surface area contributed by atoms with Crippen molar-refractivity contribution in [1.82, 2.24) is 13.7 Å². The Labute approximate surface area is 149 Å². The Bertz CT molecular complexity index is 978. The molecule has 2 saturated heterocycles. The van der Waals surface area contributed by atoms with Gasteiger partial charge in [-0.2, -0.15) is 4.31 Å². The molecule has 8 nitrogen and oxygen atoms in total. The first kappa shape index (κ1) is 17.1. The summed E-state index contributed by atoms with van der Waals surface area (Å²) in [5.74, 6) is -0.664. The highest BCUT2D eigenvalue weighted by Gasteiger charge is 2.43. The Morgan fingerprint density at radius 3 is 2.48 bits per heavy atom. The largest absolute Gasteiger partial charge is 0.347 e. The molecule has 2 aromatic heterocycles. The maximum absolute atomic E-state index is 13.1. The van der Waals surface area contributed by atoms with Gasteiger partial charge in [0.2, 0.25) is 10.0 Å². The van der Waals surface area contributed by atoms with Crippen LogP contribution >= 0.6 is 11.3 Å². The second-order valence-electron chi connectivity index (χ2n) is 6.34. The lowest BCUT2D eigenvalue weighted by atomic mass is 10.1. The van der Waals surface area contributed by atoms with Gasteiger partial charge >= 0.3 is 0 Å². The fraction of sp³-hybridized carbons (Fsp3) is 0.600. The van der Waals surface area contributed by atoms with Crippen molar-refractivity contribution in [2.45, 2.75) is 37.4 Å². The summed E-state index contributed by atoms with van der Waals surface area (Å²) in [6, 6.07) is 0. The van der Waals surface area contributed by atoms with Crippen LogP contribution in [0.3, 0.4) is 0 Å². The summed E-state index contributed by atoms with van der Waals surface area (Å²) in [6.45, 7) is 5.00. The summed E-state index contributed by atoms with van der Waals surface area (Å²) in [5.41, 5.74) is -0.305. The van der Waals surface area contributed by atoms with Gasteiger partial charge in [-0.05, 0) is 13.8 Å². The van der Waals surface area contributed by atoms with Crippen LogP contribution in [-0.4, -0.2) is 54.2 Å². The Kier molecular flexibility index (Phi) is 4.00. The standard InChI is InChI=1S/C15H19N3O5S2/c1-10-9-18-13(19)12(11(2)16-14(18)24-10)25(20,21)17-5-3-15(4-6-17)22-7-8-23-15/h9H,3-8H2,1-2H3. The third-order valence-corrected chi connectivity index (χ3v) is 7.60. The quantitative estimate of drug-likeness (QED) is 0.763. The molecule has 1 spiro atoms. The normalized spacial score (nSPS) is 21.4. The molecule has 0 bridgehead atoms. The van der Waals surface area contributed by atoms with Gasteiger partial charge in [0.05, 0.1) is 18.9 Å². The first-order valence-corrected chi connectivity index (χ1v) is 10.4. The second-order valence-corrected chi connectivity index (χ2v) is 9.43. The Hall–Kier alpha value is -1.33. The predicted molar refractivity (Wildman–Crippen MR) is 91.4 cm³/mol. The van der Waals surface area contributed by atoms with Crippen LogP contribution in [0, 0.1) is 13.8 Å².